The van der Waals surface area contributed by atoms with Crippen molar-refractivity contribution in [2.24, 2.45) is 0 Å². The predicted molar refractivity (Wildman–Crippen MR) is 132 cm³/mol. The Morgan fingerprint density at radius 1 is 1.21 bits per heavy atom. The van der Waals surface area contributed by atoms with Crippen LogP contribution in [0.2, 0.25) is 5.02 Å². The third kappa shape index (κ3) is 3.46. The Kier molecular flexibility index (Phi) is 4.93. The van der Waals surface area contributed by atoms with E-state index in [0.29, 0.717) is 27.5 Å². The fourth-order valence-corrected chi connectivity index (χ4v) is 5.52. The number of methoxy groups -OCH3 is 1. The molecule has 0 bridgehead atoms. The number of hydrogen-bond donors (Lipinski definition) is 1. The SMILES string of the molecule is COc1ccc2nc(-n3nc(C)c4c3NC(=O)C[C@H]4c3ccc(-c4cccc(Cl)c4)o3)sc2c1. The van der Waals surface area contributed by atoms with E-state index >= 15 is 0 Å². The van der Waals surface area contributed by atoms with Crippen molar-refractivity contribution in [3.05, 3.63) is 76.6 Å². The lowest BCUT2D eigenvalue weighted by Crippen LogP contribution is -2.24. The average Bonchev–Trinajstić information content (AvgIpc) is 3.55. The first-order chi connectivity index (χ1) is 16.5. The topological polar surface area (TPSA) is 82.2 Å². The molecule has 0 saturated heterocycles. The molecular formula is C25H19ClN4O3S. The molecule has 1 aliphatic heterocycles. The highest BCUT2D eigenvalue weighted by Gasteiger charge is 2.35. The number of furan rings is 1. The van der Waals surface area contributed by atoms with Gasteiger partial charge in [0.05, 0.1) is 28.9 Å². The molecular weight excluding hydrogens is 472 g/mol. The summed E-state index contributed by atoms with van der Waals surface area (Å²) in [5.74, 6) is 2.47. The molecule has 0 radical (unpaired) electrons. The first kappa shape index (κ1) is 20.9. The Hall–Kier alpha value is -3.62. The molecule has 6 rings (SSSR count). The van der Waals surface area contributed by atoms with Gasteiger partial charge in [-0.25, -0.2) is 4.98 Å². The number of halogens is 1. The van der Waals surface area contributed by atoms with E-state index in [2.05, 4.69) is 5.32 Å². The minimum atomic E-state index is -0.250. The van der Waals surface area contributed by atoms with E-state index in [1.54, 1.807) is 11.8 Å². The average molecular weight is 491 g/mol. The van der Waals surface area contributed by atoms with E-state index in [1.807, 2.05) is 61.5 Å². The number of carbonyl (C=O) groups is 1. The van der Waals surface area contributed by atoms with E-state index in [9.17, 15) is 4.79 Å². The maximum absolute atomic E-state index is 12.7. The Labute approximate surface area is 203 Å². The maximum Gasteiger partial charge on any atom is 0.226 e. The number of aromatic nitrogens is 3. The molecule has 170 valence electrons. The molecule has 0 aliphatic carbocycles. The zero-order valence-electron chi connectivity index (χ0n) is 18.3. The van der Waals surface area contributed by atoms with Crippen molar-refractivity contribution in [3.63, 3.8) is 0 Å². The highest BCUT2D eigenvalue weighted by molar-refractivity contribution is 7.20. The van der Waals surface area contributed by atoms with Crippen molar-refractivity contribution in [2.75, 3.05) is 12.4 Å². The van der Waals surface area contributed by atoms with Gasteiger partial charge >= 0.3 is 0 Å². The fourth-order valence-electron chi connectivity index (χ4n) is 4.38. The van der Waals surface area contributed by atoms with Crippen molar-refractivity contribution in [3.8, 4) is 22.2 Å². The highest BCUT2D eigenvalue weighted by Crippen LogP contribution is 2.42. The van der Waals surface area contributed by atoms with Crippen LogP contribution in [-0.2, 0) is 4.79 Å². The van der Waals surface area contributed by atoms with E-state index in [0.717, 1.165) is 32.8 Å². The molecule has 2 aromatic carbocycles. The van der Waals surface area contributed by atoms with Crippen LogP contribution in [0.3, 0.4) is 0 Å². The number of thiazole rings is 1. The lowest BCUT2D eigenvalue weighted by atomic mass is 9.90. The van der Waals surface area contributed by atoms with Crippen LogP contribution in [0.1, 0.15) is 29.4 Å². The summed E-state index contributed by atoms with van der Waals surface area (Å²) in [4.78, 5) is 17.5. The second-order valence-electron chi connectivity index (χ2n) is 8.11. The number of fused-ring (bicyclic) bond motifs is 2. The van der Waals surface area contributed by atoms with Crippen molar-refractivity contribution in [1.29, 1.82) is 0 Å². The third-order valence-corrected chi connectivity index (χ3v) is 7.18. The molecule has 1 aliphatic rings. The molecule has 1 amide bonds. The van der Waals surface area contributed by atoms with Gasteiger partial charge in [0.2, 0.25) is 11.0 Å². The fraction of sp³-hybridized carbons (Fsp3) is 0.160. The van der Waals surface area contributed by atoms with Crippen LogP contribution in [0, 0.1) is 6.92 Å². The van der Waals surface area contributed by atoms with Crippen molar-refractivity contribution in [1.82, 2.24) is 14.8 Å². The molecule has 4 heterocycles. The summed E-state index contributed by atoms with van der Waals surface area (Å²) < 4.78 is 14.2. The lowest BCUT2D eigenvalue weighted by molar-refractivity contribution is -0.116. The van der Waals surface area contributed by atoms with Crippen LogP contribution in [-0.4, -0.2) is 27.8 Å². The summed E-state index contributed by atoms with van der Waals surface area (Å²) in [6.07, 6.45) is 0.277. The molecule has 7 nitrogen and oxygen atoms in total. The van der Waals surface area contributed by atoms with Gasteiger partial charge < -0.3 is 14.5 Å². The van der Waals surface area contributed by atoms with Gasteiger partial charge in [0.15, 0.2) is 0 Å². The molecule has 1 N–H and O–H groups in total. The standard InChI is InChI=1S/C25H19ClN4O3S/c1-13-23-17(20-9-8-19(33-20)14-4-3-5-15(26)10-14)12-22(31)28-24(23)30(29-13)25-27-18-7-6-16(32-2)11-21(18)34-25/h3-11,17H,12H2,1-2H3,(H,28,31)/t17-/m0/s1. The van der Waals surface area contributed by atoms with E-state index in [-0.39, 0.29) is 18.2 Å². The molecule has 0 fully saturated rings. The van der Waals surface area contributed by atoms with E-state index in [1.165, 1.54) is 11.3 Å². The van der Waals surface area contributed by atoms with Crippen LogP contribution in [0.5, 0.6) is 5.75 Å². The number of nitrogens with zero attached hydrogens (tertiary/aromatic N) is 3. The molecule has 34 heavy (non-hydrogen) atoms. The lowest BCUT2D eigenvalue weighted by Gasteiger charge is -2.22. The van der Waals surface area contributed by atoms with Gasteiger partial charge in [-0.2, -0.15) is 9.78 Å². The maximum atomic E-state index is 12.7. The first-order valence-electron chi connectivity index (χ1n) is 10.7. The van der Waals surface area contributed by atoms with Gasteiger partial charge in [-0.15, -0.1) is 0 Å². The van der Waals surface area contributed by atoms with Crippen LogP contribution in [0.15, 0.2) is 59.0 Å². The summed E-state index contributed by atoms with van der Waals surface area (Å²) >= 11 is 7.64. The number of ether oxygens (including phenoxy) is 1. The quantitative estimate of drug-likeness (QED) is 0.325. The molecule has 0 unspecified atom stereocenters. The summed E-state index contributed by atoms with van der Waals surface area (Å²) in [5, 5.41) is 9.06. The number of carbonyl (C=O) groups excluding carboxylic acids is 1. The molecule has 3 aromatic heterocycles. The Morgan fingerprint density at radius 2 is 2.09 bits per heavy atom. The zero-order chi connectivity index (χ0) is 23.4. The van der Waals surface area contributed by atoms with Gasteiger partial charge in [0.25, 0.3) is 0 Å². The Morgan fingerprint density at radius 3 is 2.91 bits per heavy atom. The van der Waals surface area contributed by atoms with Gasteiger partial charge in [0.1, 0.15) is 23.1 Å². The summed E-state index contributed by atoms with van der Waals surface area (Å²) in [7, 11) is 1.64. The minimum Gasteiger partial charge on any atom is -0.497 e. The number of amides is 1. The summed E-state index contributed by atoms with van der Waals surface area (Å²) in [6, 6.07) is 17.1. The zero-order valence-corrected chi connectivity index (χ0v) is 19.9. The smallest absolute Gasteiger partial charge is 0.226 e. The number of anilines is 1. The second kappa shape index (κ2) is 8.00. The normalized spacial score (nSPS) is 15.4. The highest BCUT2D eigenvalue weighted by atomic mass is 35.5. The van der Waals surface area contributed by atoms with Crippen LogP contribution in [0.25, 0.3) is 26.7 Å². The minimum absolute atomic E-state index is 0.0952. The third-order valence-electron chi connectivity index (χ3n) is 5.95. The largest absolute Gasteiger partial charge is 0.497 e. The number of benzene rings is 2. The van der Waals surface area contributed by atoms with Gasteiger partial charge in [-0.05, 0) is 49.4 Å². The van der Waals surface area contributed by atoms with Crippen LogP contribution < -0.4 is 10.1 Å². The first-order valence-corrected chi connectivity index (χ1v) is 11.9. The Bertz CT molecular complexity index is 1570. The number of nitrogens with one attached hydrogen (secondary N) is 1. The summed E-state index contributed by atoms with van der Waals surface area (Å²) in [5.41, 5.74) is 3.48. The molecule has 5 aromatic rings. The van der Waals surface area contributed by atoms with Crippen molar-refractivity contribution >= 4 is 44.9 Å². The van der Waals surface area contributed by atoms with Crippen molar-refractivity contribution < 1.29 is 13.9 Å². The van der Waals surface area contributed by atoms with E-state index in [4.69, 9.17) is 30.8 Å². The van der Waals surface area contributed by atoms with Crippen molar-refractivity contribution in [2.45, 2.75) is 19.3 Å². The van der Waals surface area contributed by atoms with Crippen LogP contribution in [0.4, 0.5) is 5.82 Å². The van der Waals surface area contributed by atoms with Gasteiger partial charge in [0, 0.05) is 22.6 Å². The van der Waals surface area contributed by atoms with Gasteiger partial charge in [-0.3, -0.25) is 4.79 Å². The summed E-state index contributed by atoms with van der Waals surface area (Å²) in [6.45, 7) is 1.94. The predicted octanol–water partition coefficient (Wildman–Crippen LogP) is 6.19. The second-order valence-corrected chi connectivity index (χ2v) is 9.55. The van der Waals surface area contributed by atoms with Crippen LogP contribution >= 0.6 is 22.9 Å². The molecule has 1 atom stereocenters. The van der Waals surface area contributed by atoms with E-state index < -0.39 is 0 Å². The molecule has 0 spiro atoms. The number of aryl methyl sites for hydroxylation is 1. The molecule has 0 saturated carbocycles. The Balaban J connectivity index is 1.43. The number of rotatable bonds is 4. The number of hydrogen-bond acceptors (Lipinski definition) is 6. The molecule has 9 heteroatoms. The monoisotopic (exact) mass is 490 g/mol. The van der Waals surface area contributed by atoms with Gasteiger partial charge in [-0.1, -0.05) is 35.1 Å².